The maximum atomic E-state index is 12.1. The zero-order chi connectivity index (χ0) is 16.6. The van der Waals surface area contributed by atoms with Gasteiger partial charge in [-0.25, -0.2) is 5.01 Å². The number of rotatable bonds is 7. The zero-order valence-corrected chi connectivity index (χ0v) is 13.1. The number of nitrogens with zero attached hydrogens (tertiary/aromatic N) is 3. The number of amides is 1. The van der Waals surface area contributed by atoms with Crippen molar-refractivity contribution in [3.8, 4) is 17.9 Å². The van der Waals surface area contributed by atoms with E-state index in [0.29, 0.717) is 32.2 Å². The molecule has 0 bridgehead atoms. The third-order valence-electron chi connectivity index (χ3n) is 3.79. The van der Waals surface area contributed by atoms with Gasteiger partial charge in [0.2, 0.25) is 11.7 Å². The molecular formula is C16H21N3O3. The average molecular weight is 303 g/mol. The Kier molecular flexibility index (Phi) is 6.75. The van der Waals surface area contributed by atoms with Gasteiger partial charge in [0.15, 0.2) is 12.4 Å². The lowest BCUT2D eigenvalue weighted by Gasteiger charge is -2.30. The molecule has 0 aromatic heterocycles. The molecule has 1 amide bonds. The molecule has 0 atom stereocenters. The molecule has 6 heteroatoms. The molecule has 0 aliphatic carbocycles. The molecule has 0 radical (unpaired) electrons. The Hall–Kier alpha value is -2.18. The highest BCUT2D eigenvalue weighted by Crippen LogP contribution is 2.23. The normalized spacial score (nSPS) is 14.9. The SMILES string of the molecule is CC(C)(CCN1CCCN1C(=O)CCC#CC#N)C(=O)C=O. The zero-order valence-electron chi connectivity index (χ0n) is 13.1. The second-order valence-corrected chi connectivity index (χ2v) is 5.85. The summed E-state index contributed by atoms with van der Waals surface area (Å²) in [6, 6.07) is 1.72. The molecule has 0 aromatic carbocycles. The smallest absolute Gasteiger partial charge is 0.237 e. The van der Waals surface area contributed by atoms with Gasteiger partial charge in [0, 0.05) is 43.8 Å². The van der Waals surface area contributed by atoms with Crippen molar-refractivity contribution in [1.82, 2.24) is 10.0 Å². The van der Waals surface area contributed by atoms with Gasteiger partial charge >= 0.3 is 0 Å². The van der Waals surface area contributed by atoms with Crippen LogP contribution in [0.25, 0.3) is 0 Å². The summed E-state index contributed by atoms with van der Waals surface area (Å²) < 4.78 is 0. The first kappa shape index (κ1) is 17.9. The summed E-state index contributed by atoms with van der Waals surface area (Å²) in [7, 11) is 0. The van der Waals surface area contributed by atoms with E-state index in [1.165, 1.54) is 0 Å². The quantitative estimate of drug-likeness (QED) is 0.397. The molecule has 1 fully saturated rings. The molecule has 0 aromatic rings. The van der Waals surface area contributed by atoms with Crippen LogP contribution in [0.3, 0.4) is 0 Å². The van der Waals surface area contributed by atoms with Gasteiger partial charge in [0.05, 0.1) is 0 Å². The molecule has 0 unspecified atom stereocenters. The predicted molar refractivity (Wildman–Crippen MR) is 80.0 cm³/mol. The lowest BCUT2D eigenvalue weighted by molar-refractivity contribution is -0.144. The van der Waals surface area contributed by atoms with Crippen LogP contribution in [0.1, 0.15) is 39.5 Å². The lowest BCUT2D eigenvalue weighted by atomic mass is 9.85. The van der Waals surface area contributed by atoms with E-state index in [-0.39, 0.29) is 12.3 Å². The second-order valence-electron chi connectivity index (χ2n) is 5.85. The van der Waals surface area contributed by atoms with Gasteiger partial charge in [-0.3, -0.25) is 19.4 Å². The minimum Gasteiger partial charge on any atom is -0.295 e. The van der Waals surface area contributed by atoms with Crippen molar-refractivity contribution in [3.63, 3.8) is 0 Å². The second kappa shape index (κ2) is 8.31. The van der Waals surface area contributed by atoms with E-state index in [1.807, 2.05) is 5.01 Å². The van der Waals surface area contributed by atoms with E-state index < -0.39 is 11.2 Å². The van der Waals surface area contributed by atoms with Gasteiger partial charge in [-0.1, -0.05) is 19.8 Å². The first-order chi connectivity index (χ1) is 10.4. The van der Waals surface area contributed by atoms with E-state index in [4.69, 9.17) is 5.26 Å². The summed E-state index contributed by atoms with van der Waals surface area (Å²) in [5.41, 5.74) is -0.711. The minimum atomic E-state index is -0.711. The van der Waals surface area contributed by atoms with Crippen molar-refractivity contribution in [2.24, 2.45) is 5.41 Å². The van der Waals surface area contributed by atoms with Crippen molar-refractivity contribution in [2.75, 3.05) is 19.6 Å². The van der Waals surface area contributed by atoms with Crippen molar-refractivity contribution in [3.05, 3.63) is 0 Å². The first-order valence-electron chi connectivity index (χ1n) is 7.34. The van der Waals surface area contributed by atoms with Crippen LogP contribution in [-0.2, 0) is 14.4 Å². The summed E-state index contributed by atoms with van der Waals surface area (Å²) in [6.45, 7) is 5.46. The summed E-state index contributed by atoms with van der Waals surface area (Å²) in [5, 5.41) is 11.9. The van der Waals surface area contributed by atoms with Gasteiger partial charge in [0.25, 0.3) is 0 Å². The fraction of sp³-hybridized carbons (Fsp3) is 0.625. The fourth-order valence-corrected chi connectivity index (χ4v) is 2.27. The molecule has 1 saturated heterocycles. The molecule has 1 aliphatic heterocycles. The molecule has 0 spiro atoms. The van der Waals surface area contributed by atoms with Crippen molar-refractivity contribution in [2.45, 2.75) is 39.5 Å². The number of ketones is 1. The molecule has 22 heavy (non-hydrogen) atoms. The van der Waals surface area contributed by atoms with Gasteiger partial charge in [-0.15, -0.1) is 0 Å². The maximum absolute atomic E-state index is 12.1. The number of aldehydes is 1. The number of Topliss-reactive ketones (excluding diaryl/α,β-unsaturated/α-hetero) is 1. The van der Waals surface area contributed by atoms with E-state index in [9.17, 15) is 14.4 Å². The Bertz CT molecular complexity index is 537. The summed E-state index contributed by atoms with van der Waals surface area (Å²) >= 11 is 0. The molecule has 0 N–H and O–H groups in total. The Morgan fingerprint density at radius 1 is 1.32 bits per heavy atom. The van der Waals surface area contributed by atoms with Crippen LogP contribution >= 0.6 is 0 Å². The number of carbonyl (C=O) groups is 3. The fourth-order valence-electron chi connectivity index (χ4n) is 2.27. The summed E-state index contributed by atoms with van der Waals surface area (Å²) in [5.74, 6) is 4.45. The van der Waals surface area contributed by atoms with Crippen LogP contribution < -0.4 is 0 Å². The monoisotopic (exact) mass is 303 g/mol. The third-order valence-corrected chi connectivity index (χ3v) is 3.79. The van der Waals surface area contributed by atoms with Crippen molar-refractivity contribution < 1.29 is 14.4 Å². The Morgan fingerprint density at radius 3 is 2.68 bits per heavy atom. The maximum Gasteiger partial charge on any atom is 0.237 e. The Labute approximate surface area is 131 Å². The highest BCUT2D eigenvalue weighted by molar-refractivity contribution is 6.27. The van der Waals surface area contributed by atoms with Crippen LogP contribution in [-0.4, -0.2) is 47.6 Å². The van der Waals surface area contributed by atoms with E-state index in [0.717, 1.165) is 13.0 Å². The minimum absolute atomic E-state index is 0.0238. The van der Waals surface area contributed by atoms with Crippen molar-refractivity contribution in [1.29, 1.82) is 5.26 Å². The van der Waals surface area contributed by atoms with Gasteiger partial charge in [0.1, 0.15) is 0 Å². The topological polar surface area (TPSA) is 81.5 Å². The highest BCUT2D eigenvalue weighted by atomic mass is 16.2. The largest absolute Gasteiger partial charge is 0.295 e. The first-order valence-corrected chi connectivity index (χ1v) is 7.34. The molecule has 1 rings (SSSR count). The molecule has 118 valence electrons. The predicted octanol–water partition coefficient (Wildman–Crippen LogP) is 0.927. The summed E-state index contributed by atoms with van der Waals surface area (Å²) in [6.07, 6.45) is 2.41. The average Bonchev–Trinajstić information content (AvgIpc) is 2.97. The number of hydrazine groups is 1. The van der Waals surface area contributed by atoms with Crippen LogP contribution in [0.4, 0.5) is 0 Å². The van der Waals surface area contributed by atoms with Gasteiger partial charge in [-0.2, -0.15) is 5.26 Å². The van der Waals surface area contributed by atoms with Crippen molar-refractivity contribution >= 4 is 18.0 Å². The third kappa shape index (κ3) is 4.98. The standard InChI is InChI=1S/C16H21N3O3/c1-16(2,14(21)13-20)8-12-18-10-6-11-19(18)15(22)7-4-3-5-9-17/h13H,4,6-8,10-12H2,1-2H3. The molecule has 1 heterocycles. The molecule has 6 nitrogen and oxygen atoms in total. The van der Waals surface area contributed by atoms with E-state index in [1.54, 1.807) is 24.9 Å². The Balaban J connectivity index is 2.53. The van der Waals surface area contributed by atoms with Crippen LogP contribution in [0.2, 0.25) is 0 Å². The molecule has 1 aliphatic rings. The number of carbonyl (C=O) groups excluding carboxylic acids is 3. The van der Waals surface area contributed by atoms with E-state index in [2.05, 4.69) is 11.8 Å². The van der Waals surface area contributed by atoms with Crippen LogP contribution in [0.5, 0.6) is 0 Å². The molecular weight excluding hydrogens is 282 g/mol. The Morgan fingerprint density at radius 2 is 2.05 bits per heavy atom. The highest BCUT2D eigenvalue weighted by Gasteiger charge is 2.31. The number of hydrogen-bond donors (Lipinski definition) is 0. The number of hydrogen-bond acceptors (Lipinski definition) is 5. The lowest BCUT2D eigenvalue weighted by Crippen LogP contribution is -2.43. The van der Waals surface area contributed by atoms with Crippen LogP contribution in [0.15, 0.2) is 0 Å². The van der Waals surface area contributed by atoms with Gasteiger partial charge < -0.3 is 0 Å². The summed E-state index contributed by atoms with van der Waals surface area (Å²) in [4.78, 5) is 34.3. The molecule has 0 saturated carbocycles. The van der Waals surface area contributed by atoms with Crippen LogP contribution in [0, 0.1) is 28.6 Å². The number of nitriles is 1. The van der Waals surface area contributed by atoms with Gasteiger partial charge in [-0.05, 0) is 12.8 Å². The van der Waals surface area contributed by atoms with E-state index >= 15 is 0 Å².